The van der Waals surface area contributed by atoms with Gasteiger partial charge >= 0.3 is 0 Å². The van der Waals surface area contributed by atoms with E-state index in [9.17, 15) is 14.7 Å². The van der Waals surface area contributed by atoms with Gasteiger partial charge in [0.15, 0.2) is 0 Å². The smallest absolute Gasteiger partial charge is 0.262 e. The largest absolute Gasteiger partial charge is 0.546 e. The standard InChI is InChI=1S/C22H17ClN2O4/c23-14-9-11-15(12-10-14)25-21(24-18-7-3-1-5-16(18)22(25)28)17-6-2-4-8-19(17)29-13-20(26)27/h1-12,21,24H,13H2,(H,26,27)/p-1/t21-/m0/s1. The molecule has 0 radical (unpaired) electrons. The predicted molar refractivity (Wildman–Crippen MR) is 108 cm³/mol. The molecule has 0 spiro atoms. The van der Waals surface area contributed by atoms with E-state index in [0.29, 0.717) is 33.3 Å². The molecule has 0 aromatic heterocycles. The maximum atomic E-state index is 13.4. The minimum Gasteiger partial charge on any atom is -0.546 e. The van der Waals surface area contributed by atoms with Gasteiger partial charge in [-0.1, -0.05) is 41.9 Å². The molecule has 0 aliphatic carbocycles. The summed E-state index contributed by atoms with van der Waals surface area (Å²) in [5, 5.41) is 14.8. The van der Waals surface area contributed by atoms with Crippen molar-refractivity contribution in [3.63, 3.8) is 0 Å². The third kappa shape index (κ3) is 3.75. The van der Waals surface area contributed by atoms with Crippen LogP contribution in [0.4, 0.5) is 11.4 Å². The summed E-state index contributed by atoms with van der Waals surface area (Å²) in [4.78, 5) is 25.8. The van der Waals surface area contributed by atoms with Crippen molar-refractivity contribution in [1.82, 2.24) is 0 Å². The highest BCUT2D eigenvalue weighted by Gasteiger charge is 2.35. The van der Waals surface area contributed by atoms with E-state index in [0.717, 1.165) is 0 Å². The highest BCUT2D eigenvalue weighted by molar-refractivity contribution is 6.30. The molecule has 0 fully saturated rings. The average Bonchev–Trinajstić information content (AvgIpc) is 2.73. The fourth-order valence-corrected chi connectivity index (χ4v) is 3.44. The van der Waals surface area contributed by atoms with Crippen molar-refractivity contribution in [2.45, 2.75) is 6.17 Å². The summed E-state index contributed by atoms with van der Waals surface area (Å²) in [5.41, 5.74) is 2.47. The highest BCUT2D eigenvalue weighted by Crippen LogP contribution is 2.39. The normalized spacial score (nSPS) is 15.4. The van der Waals surface area contributed by atoms with E-state index in [1.807, 2.05) is 12.1 Å². The molecule has 0 saturated carbocycles. The van der Waals surface area contributed by atoms with Crippen LogP contribution in [0.2, 0.25) is 5.02 Å². The maximum Gasteiger partial charge on any atom is 0.262 e. The van der Waals surface area contributed by atoms with Gasteiger partial charge in [0, 0.05) is 22.0 Å². The van der Waals surface area contributed by atoms with Crippen LogP contribution in [-0.4, -0.2) is 18.5 Å². The second-order valence-electron chi connectivity index (χ2n) is 6.44. The molecule has 1 aliphatic rings. The number of rotatable bonds is 5. The third-order valence-corrected chi connectivity index (χ3v) is 4.84. The number of aliphatic carboxylic acids is 1. The molecule has 0 bridgehead atoms. The lowest BCUT2D eigenvalue weighted by atomic mass is 10.0. The lowest BCUT2D eigenvalue weighted by Gasteiger charge is -2.38. The molecule has 3 aromatic rings. The number of benzene rings is 3. The van der Waals surface area contributed by atoms with E-state index >= 15 is 0 Å². The number of carboxylic acids is 1. The van der Waals surface area contributed by atoms with Crippen LogP contribution in [0.1, 0.15) is 22.1 Å². The van der Waals surface area contributed by atoms with Crippen molar-refractivity contribution in [2.75, 3.05) is 16.8 Å². The van der Waals surface area contributed by atoms with Gasteiger partial charge in [0.05, 0.1) is 11.5 Å². The van der Waals surface area contributed by atoms with Crippen LogP contribution in [0.5, 0.6) is 5.75 Å². The first kappa shape index (κ1) is 18.8. The van der Waals surface area contributed by atoms with Crippen molar-refractivity contribution < 1.29 is 19.4 Å². The quantitative estimate of drug-likeness (QED) is 0.702. The molecule has 0 saturated heterocycles. The number of carboxylic acid groups (broad SMARTS) is 1. The van der Waals surface area contributed by atoms with E-state index in [1.165, 1.54) is 0 Å². The van der Waals surface area contributed by atoms with Gasteiger partial charge in [-0.2, -0.15) is 0 Å². The van der Waals surface area contributed by atoms with Crippen LogP contribution in [0, 0.1) is 0 Å². The Bertz CT molecular complexity index is 1070. The van der Waals surface area contributed by atoms with E-state index in [-0.39, 0.29) is 5.91 Å². The monoisotopic (exact) mass is 407 g/mol. The van der Waals surface area contributed by atoms with Gasteiger partial charge in [-0.05, 0) is 42.5 Å². The number of carbonyl (C=O) groups excluding carboxylic acids is 2. The molecule has 4 rings (SSSR count). The zero-order valence-corrected chi connectivity index (χ0v) is 15.9. The van der Waals surface area contributed by atoms with Crippen molar-refractivity contribution in [3.05, 3.63) is 88.9 Å². The molecule has 0 unspecified atom stereocenters. The molecule has 1 atom stereocenters. The number of para-hydroxylation sites is 2. The minimum absolute atomic E-state index is 0.193. The number of halogens is 1. The molecule has 1 aliphatic heterocycles. The Balaban J connectivity index is 1.82. The van der Waals surface area contributed by atoms with Crippen LogP contribution in [-0.2, 0) is 4.79 Å². The predicted octanol–water partition coefficient (Wildman–Crippen LogP) is 3.24. The van der Waals surface area contributed by atoms with Crippen LogP contribution in [0.3, 0.4) is 0 Å². The maximum absolute atomic E-state index is 13.4. The number of fused-ring (bicyclic) bond motifs is 1. The van der Waals surface area contributed by atoms with Crippen molar-refractivity contribution >= 4 is 34.9 Å². The van der Waals surface area contributed by atoms with Crippen LogP contribution in [0.15, 0.2) is 72.8 Å². The Labute approximate surface area is 172 Å². The summed E-state index contributed by atoms with van der Waals surface area (Å²) in [5.74, 6) is -1.17. The van der Waals surface area contributed by atoms with Gasteiger partial charge in [0.2, 0.25) is 0 Å². The first-order valence-electron chi connectivity index (χ1n) is 8.91. The summed E-state index contributed by atoms with van der Waals surface area (Å²) >= 11 is 6.02. The number of hydrogen-bond acceptors (Lipinski definition) is 5. The van der Waals surface area contributed by atoms with Crippen LogP contribution < -0.4 is 20.1 Å². The summed E-state index contributed by atoms with van der Waals surface area (Å²) in [7, 11) is 0. The molecule has 146 valence electrons. The van der Waals surface area contributed by atoms with Gasteiger partial charge in [-0.15, -0.1) is 0 Å². The number of hydrogen-bond donors (Lipinski definition) is 1. The second kappa shape index (κ2) is 7.85. The van der Waals surface area contributed by atoms with Gasteiger partial charge in [-0.25, -0.2) is 0 Å². The van der Waals surface area contributed by atoms with E-state index in [1.54, 1.807) is 65.6 Å². The Morgan fingerprint density at radius 1 is 1.03 bits per heavy atom. The topological polar surface area (TPSA) is 81.7 Å². The van der Waals surface area contributed by atoms with Crippen molar-refractivity contribution in [3.8, 4) is 5.75 Å². The fraction of sp³-hybridized carbons (Fsp3) is 0.0909. The molecule has 1 N–H and O–H groups in total. The molecule has 6 nitrogen and oxygen atoms in total. The molecule has 3 aromatic carbocycles. The van der Waals surface area contributed by atoms with E-state index in [2.05, 4.69) is 5.32 Å². The molecule has 29 heavy (non-hydrogen) atoms. The third-order valence-electron chi connectivity index (χ3n) is 4.59. The average molecular weight is 408 g/mol. The highest BCUT2D eigenvalue weighted by atomic mass is 35.5. The lowest BCUT2D eigenvalue weighted by Crippen LogP contribution is -2.43. The zero-order valence-electron chi connectivity index (χ0n) is 15.2. The van der Waals surface area contributed by atoms with Gasteiger partial charge in [-0.3, -0.25) is 9.69 Å². The van der Waals surface area contributed by atoms with Crippen LogP contribution >= 0.6 is 11.6 Å². The molecule has 1 amide bonds. The van der Waals surface area contributed by atoms with Gasteiger partial charge < -0.3 is 20.0 Å². The Kier molecular flexibility index (Phi) is 5.10. The molecule has 1 heterocycles. The number of amides is 1. The number of ether oxygens (including phenoxy) is 1. The van der Waals surface area contributed by atoms with E-state index in [4.69, 9.17) is 16.3 Å². The number of nitrogens with one attached hydrogen (secondary N) is 1. The zero-order chi connectivity index (χ0) is 20.4. The summed E-state index contributed by atoms with van der Waals surface area (Å²) < 4.78 is 5.42. The van der Waals surface area contributed by atoms with Crippen molar-refractivity contribution in [2.24, 2.45) is 0 Å². The number of nitrogens with zero attached hydrogens (tertiary/aromatic N) is 1. The first-order valence-corrected chi connectivity index (χ1v) is 9.28. The van der Waals surface area contributed by atoms with Gasteiger partial charge in [0.1, 0.15) is 18.5 Å². The van der Waals surface area contributed by atoms with E-state index < -0.39 is 18.7 Å². The summed E-state index contributed by atoms with van der Waals surface area (Å²) in [6.07, 6.45) is -0.614. The summed E-state index contributed by atoms with van der Waals surface area (Å²) in [6.45, 7) is -0.588. The van der Waals surface area contributed by atoms with Gasteiger partial charge in [0.25, 0.3) is 5.91 Å². The Morgan fingerprint density at radius 2 is 1.72 bits per heavy atom. The first-order chi connectivity index (χ1) is 14.0. The fourth-order valence-electron chi connectivity index (χ4n) is 3.31. The van der Waals surface area contributed by atoms with Crippen LogP contribution in [0.25, 0.3) is 0 Å². The Hall–Kier alpha value is -3.51. The minimum atomic E-state index is -1.33. The SMILES string of the molecule is O=C([O-])COc1ccccc1[C@H]1Nc2ccccc2C(=O)N1c1ccc(Cl)cc1. The molecular weight excluding hydrogens is 392 g/mol. The molecular formula is C22H16ClN2O4-. The summed E-state index contributed by atoms with van der Waals surface area (Å²) in [6, 6.07) is 21.1. The molecule has 7 heteroatoms. The Morgan fingerprint density at radius 3 is 2.48 bits per heavy atom. The second-order valence-corrected chi connectivity index (χ2v) is 6.88. The van der Waals surface area contributed by atoms with Crippen molar-refractivity contribution in [1.29, 1.82) is 0 Å². The lowest BCUT2D eigenvalue weighted by molar-refractivity contribution is -0.307. The number of carbonyl (C=O) groups is 2. The number of anilines is 2.